The molecule has 0 aliphatic heterocycles. The van der Waals surface area contributed by atoms with Crippen LogP contribution in [0.15, 0.2) is 28.6 Å². The zero-order valence-electron chi connectivity index (χ0n) is 9.34. The van der Waals surface area contributed by atoms with Gasteiger partial charge in [0, 0.05) is 5.69 Å². The normalized spacial score (nSPS) is 11.4. The van der Waals surface area contributed by atoms with Crippen LogP contribution in [0.1, 0.15) is 5.01 Å². The average Bonchev–Trinajstić information content (AvgIpc) is 2.62. The fraction of sp³-hybridized carbons (Fsp3) is 0.100. The molecule has 1 aromatic carbocycles. The number of sulfonamides is 1. The van der Waals surface area contributed by atoms with Crippen LogP contribution in [0, 0.1) is 12.7 Å². The van der Waals surface area contributed by atoms with Gasteiger partial charge in [0.25, 0.3) is 10.0 Å². The van der Waals surface area contributed by atoms with Crippen molar-refractivity contribution in [2.45, 2.75) is 11.1 Å². The summed E-state index contributed by atoms with van der Waals surface area (Å²) in [4.78, 5) is 3.86. The van der Waals surface area contributed by atoms with E-state index in [1.165, 1.54) is 12.3 Å². The van der Waals surface area contributed by atoms with Crippen molar-refractivity contribution in [2.24, 2.45) is 0 Å². The van der Waals surface area contributed by atoms with E-state index < -0.39 is 15.8 Å². The number of nitrogen functional groups attached to an aromatic ring is 1. The molecule has 3 N–H and O–H groups in total. The van der Waals surface area contributed by atoms with E-state index in [0.717, 1.165) is 23.5 Å². The Balaban J connectivity index is 2.33. The molecule has 0 atom stereocenters. The lowest BCUT2D eigenvalue weighted by Gasteiger charge is -2.06. The van der Waals surface area contributed by atoms with Crippen LogP contribution in [0.5, 0.6) is 0 Å². The van der Waals surface area contributed by atoms with Gasteiger partial charge in [-0.3, -0.25) is 4.72 Å². The topological polar surface area (TPSA) is 85.1 Å². The van der Waals surface area contributed by atoms with Crippen LogP contribution in [-0.4, -0.2) is 13.4 Å². The van der Waals surface area contributed by atoms with E-state index in [0.29, 0.717) is 5.01 Å². The molecule has 0 saturated heterocycles. The molecular weight excluding hydrogens is 277 g/mol. The van der Waals surface area contributed by atoms with Crippen molar-refractivity contribution >= 4 is 32.7 Å². The van der Waals surface area contributed by atoms with Gasteiger partial charge in [-0.25, -0.2) is 17.8 Å². The maximum Gasteiger partial charge on any atom is 0.273 e. The van der Waals surface area contributed by atoms with Gasteiger partial charge < -0.3 is 5.73 Å². The molecule has 0 amide bonds. The molecule has 0 aliphatic carbocycles. The molecule has 0 bridgehead atoms. The molecule has 0 saturated carbocycles. The lowest BCUT2D eigenvalue weighted by atomic mass is 10.3. The minimum atomic E-state index is -3.74. The Morgan fingerprint density at radius 2 is 2.11 bits per heavy atom. The fourth-order valence-corrected chi connectivity index (χ4v) is 3.49. The molecule has 0 unspecified atom stereocenters. The number of benzene rings is 1. The highest BCUT2D eigenvalue weighted by Gasteiger charge is 2.17. The van der Waals surface area contributed by atoms with E-state index in [-0.39, 0.29) is 15.6 Å². The van der Waals surface area contributed by atoms with Gasteiger partial charge in [-0.1, -0.05) is 0 Å². The van der Waals surface area contributed by atoms with Gasteiger partial charge in [-0.2, -0.15) is 0 Å². The quantitative estimate of drug-likeness (QED) is 0.845. The summed E-state index contributed by atoms with van der Waals surface area (Å²) in [5.41, 5.74) is 5.66. The summed E-state index contributed by atoms with van der Waals surface area (Å²) in [6, 6.07) is 3.50. The second kappa shape index (κ2) is 4.54. The first-order chi connectivity index (χ1) is 8.37. The number of aryl methyl sites for hydroxylation is 1. The zero-order valence-corrected chi connectivity index (χ0v) is 11.0. The average molecular weight is 287 g/mol. The predicted octanol–water partition coefficient (Wildman–Crippen LogP) is 1.97. The largest absolute Gasteiger partial charge is 0.399 e. The zero-order chi connectivity index (χ0) is 13.3. The third-order valence-electron chi connectivity index (χ3n) is 2.04. The summed E-state index contributed by atoms with van der Waals surface area (Å²) in [5, 5.41) is 0.633. The van der Waals surface area contributed by atoms with Crippen LogP contribution >= 0.6 is 11.3 Å². The molecule has 0 spiro atoms. The summed E-state index contributed by atoms with van der Waals surface area (Å²) in [7, 11) is -3.74. The van der Waals surface area contributed by atoms with E-state index in [1.54, 1.807) is 6.92 Å². The van der Waals surface area contributed by atoms with E-state index >= 15 is 0 Å². The van der Waals surface area contributed by atoms with E-state index in [2.05, 4.69) is 9.71 Å². The maximum absolute atomic E-state index is 13.1. The van der Waals surface area contributed by atoms with Crippen LogP contribution in [0.25, 0.3) is 0 Å². The molecule has 2 rings (SSSR count). The highest BCUT2D eigenvalue weighted by Crippen LogP contribution is 2.23. The highest BCUT2D eigenvalue weighted by molar-refractivity contribution is 7.94. The number of nitrogens with two attached hydrogens (primary N) is 1. The van der Waals surface area contributed by atoms with E-state index in [9.17, 15) is 12.8 Å². The van der Waals surface area contributed by atoms with Crippen molar-refractivity contribution in [3.05, 3.63) is 35.2 Å². The molecule has 5 nitrogen and oxygen atoms in total. The van der Waals surface area contributed by atoms with Gasteiger partial charge in [0.05, 0.1) is 16.9 Å². The van der Waals surface area contributed by atoms with E-state index in [4.69, 9.17) is 5.73 Å². The van der Waals surface area contributed by atoms with Crippen molar-refractivity contribution in [3.63, 3.8) is 0 Å². The van der Waals surface area contributed by atoms with Gasteiger partial charge in [-0.05, 0) is 25.1 Å². The Morgan fingerprint density at radius 3 is 2.67 bits per heavy atom. The van der Waals surface area contributed by atoms with Gasteiger partial charge in [0.1, 0.15) is 5.82 Å². The van der Waals surface area contributed by atoms with Crippen molar-refractivity contribution in [2.75, 3.05) is 10.5 Å². The first kappa shape index (κ1) is 12.8. The Labute approximate surface area is 108 Å². The van der Waals surface area contributed by atoms with Crippen LogP contribution in [-0.2, 0) is 10.0 Å². The number of hydrogen-bond acceptors (Lipinski definition) is 5. The van der Waals surface area contributed by atoms with Crippen molar-refractivity contribution < 1.29 is 12.8 Å². The monoisotopic (exact) mass is 287 g/mol. The third kappa shape index (κ3) is 2.77. The predicted molar refractivity (Wildman–Crippen MR) is 68.5 cm³/mol. The molecule has 8 heteroatoms. The maximum atomic E-state index is 13.1. The number of nitrogens with zero attached hydrogens (tertiary/aromatic N) is 1. The lowest BCUT2D eigenvalue weighted by Crippen LogP contribution is -2.11. The standard InChI is InChI=1S/C10H10FN3O2S2/c1-6-13-5-10(17-6)18(15,16)14-9-3-7(11)2-8(12)4-9/h2-5,14H,12H2,1H3. The minimum absolute atomic E-state index is 0.0721. The number of anilines is 2. The van der Waals surface area contributed by atoms with Crippen LogP contribution in [0.3, 0.4) is 0 Å². The molecular formula is C10H10FN3O2S2. The smallest absolute Gasteiger partial charge is 0.273 e. The summed E-state index contributed by atoms with van der Waals surface area (Å²) in [6.07, 6.45) is 1.25. The Morgan fingerprint density at radius 1 is 1.39 bits per heavy atom. The number of thiazole rings is 1. The number of halogens is 1. The Bertz CT molecular complexity index is 662. The number of aromatic nitrogens is 1. The molecule has 96 valence electrons. The summed E-state index contributed by atoms with van der Waals surface area (Å²) < 4.78 is 39.3. The van der Waals surface area contributed by atoms with Gasteiger partial charge in [-0.15, -0.1) is 11.3 Å². The van der Waals surface area contributed by atoms with Crippen molar-refractivity contribution in [3.8, 4) is 0 Å². The van der Waals surface area contributed by atoms with Crippen molar-refractivity contribution in [1.82, 2.24) is 4.98 Å². The van der Waals surface area contributed by atoms with Crippen LogP contribution in [0.4, 0.5) is 15.8 Å². The minimum Gasteiger partial charge on any atom is -0.399 e. The fourth-order valence-electron chi connectivity index (χ4n) is 1.34. The first-order valence-corrected chi connectivity index (χ1v) is 7.18. The molecule has 1 aromatic heterocycles. The molecule has 0 radical (unpaired) electrons. The first-order valence-electron chi connectivity index (χ1n) is 4.88. The molecule has 0 fully saturated rings. The second-order valence-corrected chi connectivity index (χ2v) is 6.72. The lowest BCUT2D eigenvalue weighted by molar-refractivity contribution is 0.603. The second-order valence-electron chi connectivity index (χ2n) is 3.58. The SMILES string of the molecule is Cc1ncc(S(=O)(=O)Nc2cc(N)cc(F)c2)s1. The Kier molecular flexibility index (Phi) is 3.22. The summed E-state index contributed by atoms with van der Waals surface area (Å²) in [5.74, 6) is -0.604. The molecule has 18 heavy (non-hydrogen) atoms. The highest BCUT2D eigenvalue weighted by atomic mass is 32.2. The van der Waals surface area contributed by atoms with E-state index in [1.807, 2.05) is 0 Å². The number of nitrogens with one attached hydrogen (secondary N) is 1. The Hall–Kier alpha value is -1.67. The molecule has 0 aliphatic rings. The van der Waals surface area contributed by atoms with Crippen LogP contribution < -0.4 is 10.5 Å². The molecule has 2 aromatic rings. The summed E-state index contributed by atoms with van der Waals surface area (Å²) >= 11 is 1.04. The number of rotatable bonds is 3. The molecule has 1 heterocycles. The third-order valence-corrected chi connectivity index (χ3v) is 4.79. The van der Waals surface area contributed by atoms with Gasteiger partial charge in [0.15, 0.2) is 4.21 Å². The van der Waals surface area contributed by atoms with Crippen LogP contribution in [0.2, 0.25) is 0 Å². The number of hydrogen-bond donors (Lipinski definition) is 2. The summed E-state index contributed by atoms with van der Waals surface area (Å²) in [6.45, 7) is 1.70. The van der Waals surface area contributed by atoms with Crippen molar-refractivity contribution in [1.29, 1.82) is 0 Å². The van der Waals surface area contributed by atoms with Gasteiger partial charge in [0.2, 0.25) is 0 Å². The van der Waals surface area contributed by atoms with Gasteiger partial charge >= 0.3 is 0 Å².